The van der Waals surface area contributed by atoms with Crippen molar-refractivity contribution in [1.29, 1.82) is 0 Å². The van der Waals surface area contributed by atoms with Gasteiger partial charge in [-0.05, 0) is 44.7 Å². The first-order valence-corrected chi connectivity index (χ1v) is 10.1. The maximum atomic E-state index is 11.7. The Balaban J connectivity index is 1.83. The van der Waals surface area contributed by atoms with E-state index >= 15 is 0 Å². The summed E-state index contributed by atoms with van der Waals surface area (Å²) in [6.45, 7) is 7.13. The van der Waals surface area contributed by atoms with Crippen molar-refractivity contribution in [2.45, 2.75) is 52.1 Å². The first-order chi connectivity index (χ1) is 13.6. The molecule has 0 heterocycles. The number of amides is 1. The molecule has 0 aromatic heterocycles. The van der Waals surface area contributed by atoms with Crippen LogP contribution in [0.15, 0.2) is 23.2 Å². The van der Waals surface area contributed by atoms with Gasteiger partial charge in [-0.25, -0.2) is 4.99 Å². The van der Waals surface area contributed by atoms with Crippen LogP contribution in [0.4, 0.5) is 0 Å². The summed E-state index contributed by atoms with van der Waals surface area (Å²) >= 11 is 0. The highest BCUT2D eigenvalue weighted by molar-refractivity contribution is 5.80. The van der Waals surface area contributed by atoms with E-state index < -0.39 is 0 Å². The predicted octanol–water partition coefficient (Wildman–Crippen LogP) is 2.13. The van der Waals surface area contributed by atoms with Crippen LogP contribution in [0.2, 0.25) is 0 Å². The van der Waals surface area contributed by atoms with Gasteiger partial charge in [-0.15, -0.1) is 0 Å². The van der Waals surface area contributed by atoms with Gasteiger partial charge < -0.3 is 25.4 Å². The van der Waals surface area contributed by atoms with Gasteiger partial charge in [0.05, 0.1) is 13.2 Å². The Morgan fingerprint density at radius 2 is 2.07 bits per heavy atom. The Bertz CT molecular complexity index is 645. The Labute approximate surface area is 168 Å². The summed E-state index contributed by atoms with van der Waals surface area (Å²) in [5.74, 6) is 1.73. The lowest BCUT2D eigenvalue weighted by molar-refractivity contribution is -0.121. The van der Waals surface area contributed by atoms with E-state index in [9.17, 15) is 4.79 Å². The van der Waals surface area contributed by atoms with Gasteiger partial charge in [0.2, 0.25) is 5.91 Å². The number of rotatable bonds is 12. The summed E-state index contributed by atoms with van der Waals surface area (Å²) < 4.78 is 10.9. The second-order valence-electron chi connectivity index (χ2n) is 7.02. The van der Waals surface area contributed by atoms with E-state index in [1.807, 2.05) is 26.0 Å². The average Bonchev–Trinajstić information content (AvgIpc) is 3.48. The number of hydrogen-bond acceptors (Lipinski definition) is 4. The van der Waals surface area contributed by atoms with Gasteiger partial charge in [-0.1, -0.05) is 12.1 Å². The fraction of sp³-hybridized carbons (Fsp3) is 0.619. The van der Waals surface area contributed by atoms with Crippen LogP contribution in [0.5, 0.6) is 5.75 Å². The molecule has 1 amide bonds. The average molecular weight is 391 g/mol. The molecule has 0 saturated heterocycles. The molecular weight excluding hydrogens is 356 g/mol. The minimum absolute atomic E-state index is 0.142. The standard InChI is InChI=1S/C21H34N4O3/c1-4-22-21(23-11-5-6-20(26)25-18-9-10-18)24-15-17-8-7-16(2)14-19(17)28-13-12-27-3/h7-8,14,18H,4-6,9-13,15H2,1-3H3,(H,25,26)(H2,22,23,24). The van der Waals surface area contributed by atoms with Crippen molar-refractivity contribution in [2.75, 3.05) is 33.4 Å². The topological polar surface area (TPSA) is 84.0 Å². The van der Waals surface area contributed by atoms with Crippen LogP contribution in [0.25, 0.3) is 0 Å². The van der Waals surface area contributed by atoms with E-state index in [-0.39, 0.29) is 5.91 Å². The van der Waals surface area contributed by atoms with E-state index in [2.05, 4.69) is 27.0 Å². The van der Waals surface area contributed by atoms with Gasteiger partial charge in [-0.3, -0.25) is 4.79 Å². The quantitative estimate of drug-likeness (QED) is 0.289. The molecule has 1 aliphatic carbocycles. The zero-order chi connectivity index (χ0) is 20.2. The van der Waals surface area contributed by atoms with Crippen LogP contribution < -0.4 is 20.7 Å². The van der Waals surface area contributed by atoms with Crippen molar-refractivity contribution in [3.63, 3.8) is 0 Å². The molecule has 0 atom stereocenters. The molecule has 1 aliphatic rings. The molecular formula is C21H34N4O3. The molecule has 2 rings (SSSR count). The van der Waals surface area contributed by atoms with Gasteiger partial charge in [0.1, 0.15) is 12.4 Å². The molecule has 0 aliphatic heterocycles. The van der Waals surface area contributed by atoms with Crippen LogP contribution in [0.1, 0.15) is 43.7 Å². The lowest BCUT2D eigenvalue weighted by atomic mass is 10.1. The molecule has 28 heavy (non-hydrogen) atoms. The van der Waals surface area contributed by atoms with Crippen LogP contribution in [-0.4, -0.2) is 51.3 Å². The van der Waals surface area contributed by atoms with Gasteiger partial charge in [0.15, 0.2) is 5.96 Å². The summed E-state index contributed by atoms with van der Waals surface area (Å²) in [6.07, 6.45) is 3.56. The van der Waals surface area contributed by atoms with E-state index in [0.717, 1.165) is 48.6 Å². The maximum absolute atomic E-state index is 11.7. The van der Waals surface area contributed by atoms with Crippen LogP contribution in [0.3, 0.4) is 0 Å². The number of carbonyl (C=O) groups excluding carboxylic acids is 1. The molecule has 7 nitrogen and oxygen atoms in total. The van der Waals surface area contributed by atoms with Crippen molar-refractivity contribution in [3.8, 4) is 5.75 Å². The number of ether oxygens (including phenoxy) is 2. The van der Waals surface area contributed by atoms with Crippen molar-refractivity contribution in [1.82, 2.24) is 16.0 Å². The number of guanidine groups is 1. The Morgan fingerprint density at radius 3 is 2.79 bits per heavy atom. The SMILES string of the molecule is CCNC(=NCc1ccc(C)cc1OCCOC)NCCCC(=O)NC1CC1. The third kappa shape index (κ3) is 8.61. The molecule has 0 radical (unpaired) electrons. The molecule has 3 N–H and O–H groups in total. The largest absolute Gasteiger partial charge is 0.491 e. The van der Waals surface area contributed by atoms with Crippen molar-refractivity contribution < 1.29 is 14.3 Å². The zero-order valence-corrected chi connectivity index (χ0v) is 17.3. The third-order valence-corrected chi connectivity index (χ3v) is 4.33. The molecule has 7 heteroatoms. The summed E-state index contributed by atoms with van der Waals surface area (Å²) in [6, 6.07) is 6.56. The second-order valence-corrected chi connectivity index (χ2v) is 7.02. The van der Waals surface area contributed by atoms with Gasteiger partial charge in [0, 0.05) is 38.2 Å². The highest BCUT2D eigenvalue weighted by Gasteiger charge is 2.22. The minimum atomic E-state index is 0.142. The number of hydrogen-bond donors (Lipinski definition) is 3. The molecule has 1 saturated carbocycles. The van der Waals surface area contributed by atoms with Gasteiger partial charge in [-0.2, -0.15) is 0 Å². The summed E-state index contributed by atoms with van der Waals surface area (Å²) in [5, 5.41) is 9.55. The Morgan fingerprint density at radius 1 is 1.25 bits per heavy atom. The van der Waals surface area contributed by atoms with E-state index in [0.29, 0.717) is 38.8 Å². The van der Waals surface area contributed by atoms with Gasteiger partial charge >= 0.3 is 0 Å². The first-order valence-electron chi connectivity index (χ1n) is 10.1. The smallest absolute Gasteiger partial charge is 0.220 e. The maximum Gasteiger partial charge on any atom is 0.220 e. The molecule has 156 valence electrons. The number of nitrogens with zero attached hydrogens (tertiary/aromatic N) is 1. The number of carbonyl (C=O) groups is 1. The van der Waals surface area contributed by atoms with Crippen molar-refractivity contribution in [3.05, 3.63) is 29.3 Å². The number of nitrogens with one attached hydrogen (secondary N) is 3. The molecule has 1 aromatic rings. The summed E-state index contributed by atoms with van der Waals surface area (Å²) in [7, 11) is 1.66. The minimum Gasteiger partial charge on any atom is -0.491 e. The Hall–Kier alpha value is -2.28. The van der Waals surface area contributed by atoms with Crippen LogP contribution >= 0.6 is 0 Å². The molecule has 1 fully saturated rings. The highest BCUT2D eigenvalue weighted by Crippen LogP contribution is 2.21. The van der Waals surface area contributed by atoms with Crippen molar-refractivity contribution >= 4 is 11.9 Å². The fourth-order valence-corrected chi connectivity index (χ4v) is 2.65. The van der Waals surface area contributed by atoms with E-state index in [1.165, 1.54) is 0 Å². The van der Waals surface area contributed by atoms with E-state index in [1.54, 1.807) is 7.11 Å². The zero-order valence-electron chi connectivity index (χ0n) is 17.3. The lowest BCUT2D eigenvalue weighted by Crippen LogP contribution is -2.38. The molecule has 0 bridgehead atoms. The van der Waals surface area contributed by atoms with Gasteiger partial charge in [0.25, 0.3) is 0 Å². The third-order valence-electron chi connectivity index (χ3n) is 4.33. The fourth-order valence-electron chi connectivity index (χ4n) is 2.65. The monoisotopic (exact) mass is 390 g/mol. The molecule has 0 spiro atoms. The number of aliphatic imine (C=N–C) groups is 1. The predicted molar refractivity (Wildman–Crippen MR) is 112 cm³/mol. The Kier molecular flexibility index (Phi) is 9.62. The van der Waals surface area contributed by atoms with Crippen LogP contribution in [0, 0.1) is 6.92 Å². The van der Waals surface area contributed by atoms with E-state index in [4.69, 9.17) is 9.47 Å². The second kappa shape index (κ2) is 12.2. The first kappa shape index (κ1) is 22.0. The van der Waals surface area contributed by atoms with Crippen LogP contribution in [-0.2, 0) is 16.1 Å². The molecule has 0 unspecified atom stereocenters. The number of aryl methyl sites for hydroxylation is 1. The highest BCUT2D eigenvalue weighted by atomic mass is 16.5. The molecule has 1 aromatic carbocycles. The number of methoxy groups -OCH3 is 1. The lowest BCUT2D eigenvalue weighted by Gasteiger charge is -2.13. The number of benzene rings is 1. The normalized spacial score (nSPS) is 13.9. The summed E-state index contributed by atoms with van der Waals surface area (Å²) in [4.78, 5) is 16.4. The summed E-state index contributed by atoms with van der Waals surface area (Å²) in [5.41, 5.74) is 2.18. The van der Waals surface area contributed by atoms with Crippen molar-refractivity contribution in [2.24, 2.45) is 4.99 Å².